The van der Waals surface area contributed by atoms with Crippen molar-refractivity contribution in [1.29, 1.82) is 5.26 Å². The first-order valence-corrected chi connectivity index (χ1v) is 8.59. The number of urea groups is 1. The molecule has 7 nitrogen and oxygen atoms in total. The van der Waals surface area contributed by atoms with E-state index in [0.717, 1.165) is 25.0 Å². The van der Waals surface area contributed by atoms with Gasteiger partial charge in [0.05, 0.1) is 23.9 Å². The van der Waals surface area contributed by atoms with Crippen molar-refractivity contribution in [3.8, 4) is 6.07 Å². The number of rotatable bonds is 4. The average Bonchev–Trinajstić information content (AvgIpc) is 3.03. The van der Waals surface area contributed by atoms with Gasteiger partial charge < -0.3 is 10.2 Å². The second-order valence-corrected chi connectivity index (χ2v) is 6.39. The number of imidazole rings is 1. The normalized spacial score (nSPS) is 13.8. The summed E-state index contributed by atoms with van der Waals surface area (Å²) in [6, 6.07) is 10.9. The highest BCUT2D eigenvalue weighted by molar-refractivity contribution is 5.89. The van der Waals surface area contributed by atoms with Crippen LogP contribution in [0.2, 0.25) is 0 Å². The molecular weight excluding hydrogens is 328 g/mol. The van der Waals surface area contributed by atoms with Crippen LogP contribution in [0.25, 0.3) is 5.78 Å². The van der Waals surface area contributed by atoms with Crippen molar-refractivity contribution in [2.75, 3.05) is 5.32 Å². The van der Waals surface area contributed by atoms with Crippen LogP contribution in [0.15, 0.2) is 48.9 Å². The zero-order valence-corrected chi connectivity index (χ0v) is 14.2. The minimum atomic E-state index is -0.149. The number of fused-ring (bicyclic) bond motifs is 1. The van der Waals surface area contributed by atoms with Crippen LogP contribution in [0.3, 0.4) is 0 Å². The maximum atomic E-state index is 12.8. The smallest absolute Gasteiger partial charge is 0.316 e. The summed E-state index contributed by atoms with van der Waals surface area (Å²) in [5, 5.41) is 11.8. The van der Waals surface area contributed by atoms with Gasteiger partial charge in [0.25, 0.3) is 0 Å². The third-order valence-corrected chi connectivity index (χ3v) is 4.66. The van der Waals surface area contributed by atoms with E-state index in [1.165, 1.54) is 0 Å². The van der Waals surface area contributed by atoms with E-state index in [2.05, 4.69) is 21.4 Å². The summed E-state index contributed by atoms with van der Waals surface area (Å²) in [7, 11) is 0. The van der Waals surface area contributed by atoms with Gasteiger partial charge in [-0.25, -0.2) is 14.8 Å². The van der Waals surface area contributed by atoms with Crippen LogP contribution in [0, 0.1) is 11.3 Å². The molecule has 1 aliphatic rings. The van der Waals surface area contributed by atoms with Crippen LogP contribution in [0.1, 0.15) is 30.5 Å². The number of hydrogen-bond acceptors (Lipinski definition) is 4. The van der Waals surface area contributed by atoms with E-state index in [0.29, 0.717) is 23.6 Å². The average molecular weight is 346 g/mol. The highest BCUT2D eigenvalue weighted by Crippen LogP contribution is 2.27. The zero-order valence-electron chi connectivity index (χ0n) is 14.2. The van der Waals surface area contributed by atoms with Crippen molar-refractivity contribution < 1.29 is 4.79 Å². The minimum Gasteiger partial charge on any atom is -0.316 e. The van der Waals surface area contributed by atoms with Crippen molar-refractivity contribution in [3.63, 3.8) is 0 Å². The van der Waals surface area contributed by atoms with Crippen molar-refractivity contribution in [1.82, 2.24) is 19.3 Å². The van der Waals surface area contributed by atoms with Gasteiger partial charge in [-0.2, -0.15) is 5.26 Å². The molecule has 26 heavy (non-hydrogen) atoms. The fraction of sp³-hybridized carbons (Fsp3) is 0.263. The number of hydrogen-bond donors (Lipinski definition) is 1. The highest BCUT2D eigenvalue weighted by atomic mass is 16.2. The van der Waals surface area contributed by atoms with Crippen molar-refractivity contribution >= 4 is 17.5 Å². The molecule has 0 spiro atoms. The molecule has 0 saturated heterocycles. The number of carbonyl (C=O) groups excluding carboxylic acids is 1. The van der Waals surface area contributed by atoms with Crippen LogP contribution in [-0.4, -0.2) is 31.3 Å². The molecule has 1 N–H and O–H groups in total. The fourth-order valence-electron chi connectivity index (χ4n) is 3.02. The minimum absolute atomic E-state index is 0.149. The van der Waals surface area contributed by atoms with E-state index in [1.807, 2.05) is 27.8 Å². The van der Waals surface area contributed by atoms with Crippen molar-refractivity contribution in [2.45, 2.75) is 31.8 Å². The molecule has 1 aromatic carbocycles. The number of nitrogens with zero attached hydrogens (tertiary/aromatic N) is 5. The Labute approximate surface area is 150 Å². The molecule has 2 amide bonds. The molecule has 7 heteroatoms. The van der Waals surface area contributed by atoms with Gasteiger partial charge in [0, 0.05) is 30.3 Å². The van der Waals surface area contributed by atoms with E-state index in [9.17, 15) is 4.79 Å². The highest BCUT2D eigenvalue weighted by Gasteiger charge is 2.29. The maximum absolute atomic E-state index is 12.8. The first-order chi connectivity index (χ1) is 12.7. The molecule has 0 aliphatic heterocycles. The van der Waals surface area contributed by atoms with Gasteiger partial charge >= 0.3 is 6.03 Å². The Hall–Kier alpha value is -3.40. The van der Waals surface area contributed by atoms with Crippen LogP contribution in [-0.2, 0) is 6.54 Å². The lowest BCUT2D eigenvalue weighted by atomic mass is 9.91. The number of benzene rings is 1. The van der Waals surface area contributed by atoms with Gasteiger partial charge in [-0.1, -0.05) is 0 Å². The number of aromatic nitrogens is 3. The summed E-state index contributed by atoms with van der Waals surface area (Å²) < 4.78 is 1.85. The van der Waals surface area contributed by atoms with Crippen molar-refractivity contribution in [2.24, 2.45) is 0 Å². The van der Waals surface area contributed by atoms with Gasteiger partial charge in [-0.15, -0.1) is 0 Å². The van der Waals surface area contributed by atoms with E-state index in [4.69, 9.17) is 5.26 Å². The predicted octanol–water partition coefficient (Wildman–Crippen LogP) is 3.19. The molecule has 0 bridgehead atoms. The molecule has 3 aromatic rings. The lowest BCUT2D eigenvalue weighted by Crippen LogP contribution is -2.45. The second kappa shape index (κ2) is 6.84. The Morgan fingerprint density at radius 1 is 1.35 bits per heavy atom. The molecule has 2 aromatic heterocycles. The fourth-order valence-corrected chi connectivity index (χ4v) is 3.02. The number of carbonyl (C=O) groups is 1. The van der Waals surface area contributed by atoms with Crippen LogP contribution >= 0.6 is 0 Å². The summed E-state index contributed by atoms with van der Waals surface area (Å²) in [4.78, 5) is 23.4. The molecular formula is C19H18N6O. The molecule has 1 fully saturated rings. The molecule has 1 saturated carbocycles. The SMILES string of the molecule is N#Cc1ccc(NC(=O)N(Cc2cn3cccnc3n2)C2CCC2)cc1. The molecule has 0 radical (unpaired) electrons. The lowest BCUT2D eigenvalue weighted by molar-refractivity contribution is 0.142. The van der Waals surface area contributed by atoms with E-state index >= 15 is 0 Å². The second-order valence-electron chi connectivity index (χ2n) is 6.39. The largest absolute Gasteiger partial charge is 0.322 e. The van der Waals surface area contributed by atoms with Gasteiger partial charge in [0.1, 0.15) is 0 Å². The number of anilines is 1. The summed E-state index contributed by atoms with van der Waals surface area (Å²) in [5.74, 6) is 0.628. The Balaban J connectivity index is 1.52. The van der Waals surface area contributed by atoms with Crippen LogP contribution < -0.4 is 5.32 Å². The molecule has 4 rings (SSSR count). The van der Waals surface area contributed by atoms with Gasteiger partial charge in [-0.3, -0.25) is 4.40 Å². The quantitative estimate of drug-likeness (QED) is 0.786. The first-order valence-electron chi connectivity index (χ1n) is 8.59. The third kappa shape index (κ3) is 3.22. The van der Waals surface area contributed by atoms with Gasteiger partial charge in [-0.05, 0) is 49.6 Å². The molecule has 0 unspecified atom stereocenters. The summed E-state index contributed by atoms with van der Waals surface area (Å²) in [5.41, 5.74) is 2.05. The topological polar surface area (TPSA) is 86.3 Å². The molecule has 1 aliphatic carbocycles. The number of nitriles is 1. The van der Waals surface area contributed by atoms with Gasteiger partial charge in [0.15, 0.2) is 0 Å². The van der Waals surface area contributed by atoms with Crippen LogP contribution in [0.5, 0.6) is 0 Å². The summed E-state index contributed by atoms with van der Waals surface area (Å²) in [6.45, 7) is 0.441. The Morgan fingerprint density at radius 2 is 2.15 bits per heavy atom. The van der Waals surface area contributed by atoms with E-state index < -0.39 is 0 Å². The van der Waals surface area contributed by atoms with Crippen LogP contribution in [0.4, 0.5) is 10.5 Å². The standard InChI is InChI=1S/C19H18N6O/c20-11-14-5-7-15(8-6-14)23-19(26)25(17-3-1-4-17)13-16-12-24-10-2-9-21-18(24)22-16/h2,5-10,12,17H,1,3-4,13H2,(H,23,26). The zero-order chi connectivity index (χ0) is 17.9. The van der Waals surface area contributed by atoms with E-state index in [-0.39, 0.29) is 12.1 Å². The monoisotopic (exact) mass is 346 g/mol. The van der Waals surface area contributed by atoms with E-state index in [1.54, 1.807) is 30.5 Å². The number of amides is 2. The number of nitrogens with one attached hydrogen (secondary N) is 1. The molecule has 2 heterocycles. The molecule has 0 atom stereocenters. The maximum Gasteiger partial charge on any atom is 0.322 e. The molecule has 130 valence electrons. The first kappa shape index (κ1) is 16.1. The Morgan fingerprint density at radius 3 is 2.81 bits per heavy atom. The Kier molecular flexibility index (Phi) is 4.23. The van der Waals surface area contributed by atoms with Gasteiger partial charge in [0.2, 0.25) is 5.78 Å². The Bertz CT molecular complexity index is 935. The lowest BCUT2D eigenvalue weighted by Gasteiger charge is -2.37. The predicted molar refractivity (Wildman–Crippen MR) is 96.3 cm³/mol. The third-order valence-electron chi connectivity index (χ3n) is 4.66. The summed E-state index contributed by atoms with van der Waals surface area (Å²) >= 11 is 0. The van der Waals surface area contributed by atoms with Crippen molar-refractivity contribution in [3.05, 3.63) is 60.2 Å². The summed E-state index contributed by atoms with van der Waals surface area (Å²) in [6.07, 6.45) is 8.65.